The largest absolute Gasteiger partial charge is 0.468 e. The minimum Gasteiger partial charge on any atom is -0.468 e. The van der Waals surface area contributed by atoms with Crippen LogP contribution in [0.4, 0.5) is 26.3 Å². The van der Waals surface area contributed by atoms with Crippen LogP contribution < -0.4 is 0 Å². The lowest BCUT2D eigenvalue weighted by atomic mass is 10.1. The van der Waals surface area contributed by atoms with Gasteiger partial charge in [0.1, 0.15) is 6.04 Å². The molecule has 0 aliphatic heterocycles. The molecule has 0 unspecified atom stereocenters. The first-order chi connectivity index (χ1) is 9.57. The van der Waals surface area contributed by atoms with Gasteiger partial charge in [-0.05, 0) is 12.0 Å². The Hall–Kier alpha value is -1.77. The van der Waals surface area contributed by atoms with E-state index in [1.54, 1.807) is 6.07 Å². The van der Waals surface area contributed by atoms with E-state index in [-0.39, 0.29) is 5.56 Å². The molecular formula is C12H11F6NO2. The average Bonchev–Trinajstić information content (AvgIpc) is 2.35. The van der Waals surface area contributed by atoms with Crippen molar-refractivity contribution in [1.29, 1.82) is 0 Å². The molecule has 0 spiro atoms. The maximum atomic E-state index is 12.7. The molecular weight excluding hydrogens is 304 g/mol. The fourth-order valence-corrected chi connectivity index (χ4v) is 1.75. The predicted molar refractivity (Wildman–Crippen MR) is 59.9 cm³/mol. The first-order valence-electron chi connectivity index (χ1n) is 5.62. The molecule has 1 aromatic carbocycles. The highest BCUT2D eigenvalue weighted by Gasteiger charge is 2.59. The third kappa shape index (κ3) is 4.62. The van der Waals surface area contributed by atoms with E-state index in [0.717, 1.165) is 7.11 Å². The van der Waals surface area contributed by atoms with Gasteiger partial charge in [0.2, 0.25) is 0 Å². The molecule has 21 heavy (non-hydrogen) atoms. The van der Waals surface area contributed by atoms with Crippen LogP contribution in [0.5, 0.6) is 0 Å². The highest BCUT2D eigenvalue weighted by atomic mass is 19.4. The normalized spacial score (nSPS) is 14.1. The molecule has 1 rings (SSSR count). The zero-order valence-electron chi connectivity index (χ0n) is 10.7. The highest BCUT2D eigenvalue weighted by molar-refractivity contribution is 5.76. The van der Waals surface area contributed by atoms with Crippen LogP contribution in [0.2, 0.25) is 0 Å². The van der Waals surface area contributed by atoms with Crippen LogP contribution >= 0.6 is 0 Å². The van der Waals surface area contributed by atoms with E-state index in [1.165, 1.54) is 24.3 Å². The van der Waals surface area contributed by atoms with Crippen molar-refractivity contribution in [2.24, 2.45) is 0 Å². The molecule has 3 nitrogen and oxygen atoms in total. The van der Waals surface area contributed by atoms with Crippen molar-refractivity contribution in [3.8, 4) is 0 Å². The first-order valence-corrected chi connectivity index (χ1v) is 5.62. The third-order valence-electron chi connectivity index (χ3n) is 2.60. The number of hydrogen-bond acceptors (Lipinski definition) is 3. The number of alkyl halides is 6. The zero-order chi connectivity index (χ0) is 16.3. The SMILES string of the molecule is COC(=O)[C@H](Cc1ccccc1)N(C(F)(F)F)C(F)(F)F. The van der Waals surface area contributed by atoms with Crippen LogP contribution in [-0.4, -0.2) is 36.6 Å². The van der Waals surface area contributed by atoms with Gasteiger partial charge in [0.05, 0.1) is 7.11 Å². The number of carbonyl (C=O) groups excluding carboxylic acids is 1. The van der Waals surface area contributed by atoms with Gasteiger partial charge in [-0.15, -0.1) is 4.90 Å². The molecule has 9 heteroatoms. The van der Waals surface area contributed by atoms with Crippen LogP contribution in [0.1, 0.15) is 5.56 Å². The Balaban J connectivity index is 3.19. The van der Waals surface area contributed by atoms with Crippen LogP contribution in [-0.2, 0) is 16.0 Å². The van der Waals surface area contributed by atoms with E-state index < -0.39 is 35.9 Å². The summed E-state index contributed by atoms with van der Waals surface area (Å²) in [6, 6.07) is 4.52. The molecule has 1 aromatic rings. The predicted octanol–water partition coefficient (Wildman–Crippen LogP) is 3.11. The summed E-state index contributed by atoms with van der Waals surface area (Å²) < 4.78 is 80.1. The average molecular weight is 315 g/mol. The number of methoxy groups -OCH3 is 1. The fourth-order valence-electron chi connectivity index (χ4n) is 1.75. The number of esters is 1. The molecule has 0 aliphatic rings. The van der Waals surface area contributed by atoms with Gasteiger partial charge in [-0.2, -0.15) is 26.3 Å². The third-order valence-corrected chi connectivity index (χ3v) is 2.60. The summed E-state index contributed by atoms with van der Waals surface area (Å²) in [6.45, 7) is 0. The standard InChI is InChI=1S/C12H11F6NO2/c1-21-10(20)9(7-8-5-3-2-4-6-8)19(11(13,14)15)12(16,17)18/h2-6,9H,7H2,1H3/t9-/m0/s1. The van der Waals surface area contributed by atoms with E-state index in [9.17, 15) is 31.1 Å². The highest BCUT2D eigenvalue weighted by Crippen LogP contribution is 2.36. The van der Waals surface area contributed by atoms with Gasteiger partial charge >= 0.3 is 18.6 Å². The Bertz CT molecular complexity index is 457. The summed E-state index contributed by atoms with van der Waals surface area (Å²) >= 11 is 0. The second kappa shape index (κ2) is 6.33. The van der Waals surface area contributed by atoms with Crippen LogP contribution in [0, 0.1) is 0 Å². The minimum absolute atomic E-state index is 0.145. The second-order valence-corrected chi connectivity index (χ2v) is 4.03. The molecule has 0 aliphatic carbocycles. The lowest BCUT2D eigenvalue weighted by Gasteiger charge is -2.32. The second-order valence-electron chi connectivity index (χ2n) is 4.03. The van der Waals surface area contributed by atoms with Gasteiger partial charge in [0.25, 0.3) is 0 Å². The zero-order valence-corrected chi connectivity index (χ0v) is 10.7. The number of rotatable bonds is 4. The van der Waals surface area contributed by atoms with Crippen molar-refractivity contribution in [3.05, 3.63) is 35.9 Å². The molecule has 118 valence electrons. The van der Waals surface area contributed by atoms with E-state index in [2.05, 4.69) is 4.74 Å². The monoisotopic (exact) mass is 315 g/mol. The number of halogens is 6. The molecule has 1 atom stereocenters. The van der Waals surface area contributed by atoms with Gasteiger partial charge in [-0.3, -0.25) is 4.79 Å². The van der Waals surface area contributed by atoms with Crippen LogP contribution in [0.25, 0.3) is 0 Å². The molecule has 0 heterocycles. The van der Waals surface area contributed by atoms with E-state index in [1.807, 2.05) is 0 Å². The van der Waals surface area contributed by atoms with Gasteiger partial charge in [-0.1, -0.05) is 30.3 Å². The van der Waals surface area contributed by atoms with Crippen molar-refractivity contribution in [3.63, 3.8) is 0 Å². The summed E-state index contributed by atoms with van der Waals surface area (Å²) in [5.41, 5.74) is 0.145. The molecule has 0 saturated heterocycles. The molecule has 0 aromatic heterocycles. The Morgan fingerprint density at radius 1 is 1.10 bits per heavy atom. The molecule has 0 radical (unpaired) electrons. The lowest BCUT2D eigenvalue weighted by Crippen LogP contribution is -2.57. The Labute approximate surface area is 116 Å². The Kier molecular flexibility index (Phi) is 5.21. The van der Waals surface area contributed by atoms with E-state index in [4.69, 9.17) is 0 Å². The molecule has 0 bridgehead atoms. The molecule has 0 fully saturated rings. The van der Waals surface area contributed by atoms with E-state index in [0.29, 0.717) is 0 Å². The van der Waals surface area contributed by atoms with E-state index >= 15 is 0 Å². The summed E-state index contributed by atoms with van der Waals surface area (Å²) in [6.07, 6.45) is -12.3. The minimum atomic E-state index is -5.76. The van der Waals surface area contributed by atoms with Gasteiger partial charge < -0.3 is 4.74 Å². The summed E-state index contributed by atoms with van der Waals surface area (Å²) in [7, 11) is 0.727. The topological polar surface area (TPSA) is 29.5 Å². The maximum absolute atomic E-state index is 12.7. The smallest absolute Gasteiger partial charge is 0.467 e. The number of nitrogens with zero attached hydrogens (tertiary/aromatic N) is 1. The fraction of sp³-hybridized carbons (Fsp3) is 0.417. The molecule has 0 N–H and O–H groups in total. The first kappa shape index (κ1) is 17.3. The van der Waals surface area contributed by atoms with Gasteiger partial charge in [-0.25, -0.2) is 0 Å². The molecule has 0 saturated carbocycles. The Morgan fingerprint density at radius 3 is 1.95 bits per heavy atom. The summed E-state index contributed by atoms with van der Waals surface area (Å²) in [4.78, 5) is 9.64. The number of ether oxygens (including phenoxy) is 1. The van der Waals surface area contributed by atoms with Crippen LogP contribution in [0.15, 0.2) is 30.3 Å². The van der Waals surface area contributed by atoms with Gasteiger partial charge in [0, 0.05) is 0 Å². The summed E-state index contributed by atoms with van der Waals surface area (Å²) in [5, 5.41) is 0. The Morgan fingerprint density at radius 2 is 1.57 bits per heavy atom. The summed E-state index contributed by atoms with van der Waals surface area (Å²) in [5.74, 6) is -1.62. The number of benzene rings is 1. The number of carbonyl (C=O) groups is 1. The quantitative estimate of drug-likeness (QED) is 0.486. The lowest BCUT2D eigenvalue weighted by molar-refractivity contribution is -0.382. The van der Waals surface area contributed by atoms with Crippen molar-refractivity contribution in [2.45, 2.75) is 25.1 Å². The number of hydrogen-bond donors (Lipinski definition) is 0. The van der Waals surface area contributed by atoms with Crippen molar-refractivity contribution >= 4 is 5.97 Å². The van der Waals surface area contributed by atoms with Crippen LogP contribution in [0.3, 0.4) is 0 Å². The van der Waals surface area contributed by atoms with Crippen molar-refractivity contribution in [1.82, 2.24) is 4.90 Å². The molecule has 0 amide bonds. The maximum Gasteiger partial charge on any atom is 0.467 e. The van der Waals surface area contributed by atoms with Crippen molar-refractivity contribution < 1.29 is 35.9 Å². The van der Waals surface area contributed by atoms with Gasteiger partial charge in [0.15, 0.2) is 0 Å². The van der Waals surface area contributed by atoms with Crippen molar-refractivity contribution in [2.75, 3.05) is 7.11 Å².